The number of hydrogen-bond acceptors (Lipinski definition) is 4. The number of sulfone groups is 1. The van der Waals surface area contributed by atoms with Crippen LogP contribution in [0.5, 0.6) is 5.75 Å². The molecule has 1 heterocycles. The van der Waals surface area contributed by atoms with Gasteiger partial charge in [0.2, 0.25) is 0 Å². The molecule has 8 heteroatoms. The molecule has 1 N–H and O–H groups in total. The molecule has 1 saturated heterocycles. The summed E-state index contributed by atoms with van der Waals surface area (Å²) >= 11 is 0. The van der Waals surface area contributed by atoms with Crippen molar-refractivity contribution < 1.29 is 26.3 Å². The van der Waals surface area contributed by atoms with E-state index in [9.17, 15) is 21.6 Å². The topological polar surface area (TPSA) is 55.4 Å². The van der Waals surface area contributed by atoms with E-state index in [4.69, 9.17) is 4.74 Å². The molecule has 0 bridgehead atoms. The van der Waals surface area contributed by atoms with Gasteiger partial charge in [0.25, 0.3) is 9.84 Å². The molecule has 0 saturated carbocycles. The fraction of sp³-hybridized carbons (Fsp3) is 0.538. The Morgan fingerprint density at radius 2 is 2.00 bits per heavy atom. The van der Waals surface area contributed by atoms with Crippen molar-refractivity contribution in [2.45, 2.75) is 23.2 Å². The molecule has 1 fully saturated rings. The van der Waals surface area contributed by atoms with Crippen LogP contribution in [0.1, 0.15) is 12.8 Å². The smallest absolute Gasteiger partial charge is 0.492 e. The van der Waals surface area contributed by atoms with E-state index in [-0.39, 0.29) is 18.3 Å². The lowest BCUT2D eigenvalue weighted by molar-refractivity contribution is -0.0437. The molecule has 0 aliphatic carbocycles. The highest BCUT2D eigenvalue weighted by atomic mass is 32.2. The molecule has 1 aromatic carbocycles. The van der Waals surface area contributed by atoms with Crippen LogP contribution in [0.25, 0.3) is 0 Å². The average Bonchev–Trinajstić information content (AvgIpc) is 2.45. The molecular formula is C13H16F3NO3S. The van der Waals surface area contributed by atoms with Crippen LogP contribution in [-0.4, -0.2) is 33.6 Å². The van der Waals surface area contributed by atoms with Gasteiger partial charge in [-0.15, -0.1) is 0 Å². The van der Waals surface area contributed by atoms with Gasteiger partial charge < -0.3 is 10.1 Å². The number of nitrogens with one attached hydrogen (secondary N) is 1. The van der Waals surface area contributed by atoms with Crippen molar-refractivity contribution in [2.24, 2.45) is 5.92 Å². The van der Waals surface area contributed by atoms with Crippen LogP contribution in [0.15, 0.2) is 29.2 Å². The Morgan fingerprint density at radius 3 is 2.62 bits per heavy atom. The van der Waals surface area contributed by atoms with Crippen molar-refractivity contribution in [1.82, 2.24) is 5.32 Å². The summed E-state index contributed by atoms with van der Waals surface area (Å²) in [6, 6.07) is 4.85. The zero-order chi connectivity index (χ0) is 15.5. The minimum absolute atomic E-state index is 0.167. The maximum atomic E-state index is 12.6. The van der Waals surface area contributed by atoms with Crippen molar-refractivity contribution >= 4 is 9.84 Å². The van der Waals surface area contributed by atoms with Crippen molar-refractivity contribution in [1.29, 1.82) is 0 Å². The number of benzene rings is 1. The van der Waals surface area contributed by atoms with E-state index < -0.39 is 20.2 Å². The fourth-order valence-electron chi connectivity index (χ4n) is 2.19. The highest BCUT2D eigenvalue weighted by Crippen LogP contribution is 2.35. The summed E-state index contributed by atoms with van der Waals surface area (Å²) in [6.07, 6.45) is 1.87. The van der Waals surface area contributed by atoms with Gasteiger partial charge in [-0.1, -0.05) is 12.1 Å². The molecule has 1 atom stereocenters. The van der Waals surface area contributed by atoms with Gasteiger partial charge in [-0.05, 0) is 31.5 Å². The Labute approximate surface area is 121 Å². The lowest BCUT2D eigenvalue weighted by Crippen LogP contribution is -2.33. The third-order valence-electron chi connectivity index (χ3n) is 3.32. The van der Waals surface area contributed by atoms with Crippen LogP contribution in [0.4, 0.5) is 13.2 Å². The summed E-state index contributed by atoms with van der Waals surface area (Å²) in [6.45, 7) is 1.82. The molecule has 1 aromatic rings. The molecule has 0 amide bonds. The van der Waals surface area contributed by atoms with Gasteiger partial charge in [0.1, 0.15) is 10.6 Å². The van der Waals surface area contributed by atoms with Crippen LogP contribution in [0.2, 0.25) is 0 Å². The first kappa shape index (κ1) is 16.1. The summed E-state index contributed by atoms with van der Waals surface area (Å²) in [4.78, 5) is -0.832. The summed E-state index contributed by atoms with van der Waals surface area (Å²) < 4.78 is 66.3. The third-order valence-corrected chi connectivity index (χ3v) is 4.84. The fourth-order valence-corrected chi connectivity index (χ4v) is 3.09. The molecule has 1 unspecified atom stereocenters. The molecule has 0 radical (unpaired) electrons. The van der Waals surface area contributed by atoms with Crippen molar-refractivity contribution in [3.05, 3.63) is 24.3 Å². The predicted octanol–water partition coefficient (Wildman–Crippen LogP) is 2.36. The van der Waals surface area contributed by atoms with E-state index in [0.717, 1.165) is 25.5 Å². The number of ether oxygens (including phenoxy) is 1. The van der Waals surface area contributed by atoms with E-state index in [1.165, 1.54) is 18.2 Å². The van der Waals surface area contributed by atoms with Crippen LogP contribution < -0.4 is 10.1 Å². The van der Waals surface area contributed by atoms with Crippen molar-refractivity contribution in [3.63, 3.8) is 0 Å². The quantitative estimate of drug-likeness (QED) is 0.924. The zero-order valence-electron chi connectivity index (χ0n) is 11.2. The van der Waals surface area contributed by atoms with Gasteiger partial charge in [-0.3, -0.25) is 0 Å². The standard InChI is InChI=1S/C13H16F3NO3S/c14-13(15,16)21(18,19)12-6-2-1-5-11(12)20-9-10-4-3-7-17-8-10/h1-2,5-6,10,17H,3-4,7-9H2. The van der Waals surface area contributed by atoms with Gasteiger partial charge >= 0.3 is 5.51 Å². The molecule has 118 valence electrons. The Balaban J connectivity index is 2.17. The van der Waals surface area contributed by atoms with Gasteiger partial charge in [0.05, 0.1) is 6.61 Å². The van der Waals surface area contributed by atoms with Gasteiger partial charge in [-0.25, -0.2) is 8.42 Å². The second-order valence-electron chi connectivity index (χ2n) is 4.92. The lowest BCUT2D eigenvalue weighted by atomic mass is 10.0. The number of piperidine rings is 1. The van der Waals surface area contributed by atoms with Gasteiger partial charge in [0, 0.05) is 12.5 Å². The van der Waals surface area contributed by atoms with E-state index in [1.807, 2.05) is 0 Å². The minimum Gasteiger partial charge on any atom is -0.492 e. The van der Waals surface area contributed by atoms with Crippen molar-refractivity contribution in [2.75, 3.05) is 19.7 Å². The minimum atomic E-state index is -5.40. The normalized spacial score (nSPS) is 20.2. The number of alkyl halides is 3. The lowest BCUT2D eigenvalue weighted by Gasteiger charge is -2.23. The third kappa shape index (κ3) is 3.68. The zero-order valence-corrected chi connectivity index (χ0v) is 12.0. The molecule has 21 heavy (non-hydrogen) atoms. The predicted molar refractivity (Wildman–Crippen MR) is 70.8 cm³/mol. The number of hydrogen-bond donors (Lipinski definition) is 1. The maximum Gasteiger partial charge on any atom is 0.502 e. The summed E-state index contributed by atoms with van der Waals surface area (Å²) in [7, 11) is -5.40. The highest BCUT2D eigenvalue weighted by molar-refractivity contribution is 7.92. The van der Waals surface area contributed by atoms with E-state index in [0.29, 0.717) is 6.54 Å². The average molecular weight is 323 g/mol. The Kier molecular flexibility index (Phi) is 4.77. The molecule has 0 aromatic heterocycles. The van der Waals surface area contributed by atoms with Gasteiger partial charge in [0.15, 0.2) is 0 Å². The van der Waals surface area contributed by atoms with E-state index in [1.54, 1.807) is 0 Å². The largest absolute Gasteiger partial charge is 0.502 e. The number of halogens is 3. The first-order chi connectivity index (χ1) is 9.82. The first-order valence-corrected chi connectivity index (χ1v) is 8.04. The molecule has 2 rings (SSSR count). The molecule has 1 aliphatic rings. The first-order valence-electron chi connectivity index (χ1n) is 6.56. The van der Waals surface area contributed by atoms with Crippen LogP contribution in [0, 0.1) is 5.92 Å². The van der Waals surface area contributed by atoms with Crippen LogP contribution in [0.3, 0.4) is 0 Å². The number of para-hydroxylation sites is 1. The molecular weight excluding hydrogens is 307 g/mol. The Morgan fingerprint density at radius 1 is 1.29 bits per heavy atom. The Bertz CT molecular complexity index is 581. The summed E-state index contributed by atoms with van der Waals surface area (Å²) in [5.74, 6) is -0.0826. The van der Waals surface area contributed by atoms with E-state index in [2.05, 4.69) is 5.32 Å². The second kappa shape index (κ2) is 6.23. The highest BCUT2D eigenvalue weighted by Gasteiger charge is 2.48. The second-order valence-corrected chi connectivity index (χ2v) is 6.83. The van der Waals surface area contributed by atoms with Crippen LogP contribution in [-0.2, 0) is 9.84 Å². The SMILES string of the molecule is O=S(=O)(c1ccccc1OCC1CCCNC1)C(F)(F)F. The van der Waals surface area contributed by atoms with Gasteiger partial charge in [-0.2, -0.15) is 13.2 Å². The Hall–Kier alpha value is -1.28. The summed E-state index contributed by atoms with van der Waals surface area (Å²) in [5, 5.41) is 3.16. The maximum absolute atomic E-state index is 12.6. The molecule has 4 nitrogen and oxygen atoms in total. The monoisotopic (exact) mass is 323 g/mol. The molecule has 1 aliphatic heterocycles. The number of rotatable bonds is 4. The van der Waals surface area contributed by atoms with E-state index >= 15 is 0 Å². The van der Waals surface area contributed by atoms with Crippen molar-refractivity contribution in [3.8, 4) is 5.75 Å². The molecule has 0 spiro atoms. The summed E-state index contributed by atoms with van der Waals surface area (Å²) in [5.41, 5.74) is -5.33. The van der Waals surface area contributed by atoms with Crippen LogP contribution >= 0.6 is 0 Å².